The van der Waals surface area contributed by atoms with Crippen molar-refractivity contribution in [3.63, 3.8) is 0 Å². The molecule has 1 heterocycles. The molecular formula is C17H13NO6. The van der Waals surface area contributed by atoms with Crippen LogP contribution < -0.4 is 4.74 Å². The van der Waals surface area contributed by atoms with Crippen LogP contribution in [0.15, 0.2) is 42.5 Å². The Bertz CT molecular complexity index is 845. The Hall–Kier alpha value is -3.19. The van der Waals surface area contributed by atoms with Crippen LogP contribution in [0.25, 0.3) is 0 Å². The van der Waals surface area contributed by atoms with Crippen molar-refractivity contribution in [3.8, 4) is 5.75 Å². The molecule has 0 fully saturated rings. The van der Waals surface area contributed by atoms with Crippen LogP contribution in [0.2, 0.25) is 0 Å². The summed E-state index contributed by atoms with van der Waals surface area (Å²) in [5.74, 6) is -3.04. The third-order valence-electron chi connectivity index (χ3n) is 3.69. The molecule has 0 spiro atoms. The average molecular weight is 327 g/mol. The second-order valence-corrected chi connectivity index (χ2v) is 5.27. The van der Waals surface area contributed by atoms with Crippen molar-refractivity contribution in [1.82, 2.24) is 5.06 Å². The lowest BCUT2D eigenvalue weighted by atomic mass is 9.98. The van der Waals surface area contributed by atoms with Crippen molar-refractivity contribution in [1.29, 1.82) is 0 Å². The highest BCUT2D eigenvalue weighted by Gasteiger charge is 2.24. The van der Waals surface area contributed by atoms with E-state index in [-0.39, 0.29) is 24.0 Å². The minimum absolute atomic E-state index is 0.0946. The van der Waals surface area contributed by atoms with Gasteiger partial charge in [-0.3, -0.25) is 14.8 Å². The van der Waals surface area contributed by atoms with E-state index in [0.29, 0.717) is 22.4 Å². The van der Waals surface area contributed by atoms with E-state index in [2.05, 4.69) is 0 Å². The molecule has 1 amide bonds. The van der Waals surface area contributed by atoms with Gasteiger partial charge in [-0.15, -0.1) is 0 Å². The van der Waals surface area contributed by atoms with Crippen LogP contribution in [-0.4, -0.2) is 33.0 Å². The molecule has 0 bridgehead atoms. The van der Waals surface area contributed by atoms with Gasteiger partial charge in [0.2, 0.25) is 0 Å². The smallest absolute Gasteiger partial charge is 0.396 e. The summed E-state index contributed by atoms with van der Waals surface area (Å²) in [7, 11) is 0. The lowest BCUT2D eigenvalue weighted by Crippen LogP contribution is -2.33. The number of carboxylic acid groups (broad SMARTS) is 1. The number of hydrogen-bond donors (Lipinski definition) is 2. The molecule has 2 N–H and O–H groups in total. The number of hydroxylamine groups is 2. The van der Waals surface area contributed by atoms with Gasteiger partial charge in [-0.05, 0) is 17.7 Å². The molecule has 2 aromatic rings. The Morgan fingerprint density at radius 2 is 1.88 bits per heavy atom. The summed E-state index contributed by atoms with van der Waals surface area (Å²) in [5.41, 5.74) is 2.14. The van der Waals surface area contributed by atoms with E-state index < -0.39 is 11.9 Å². The molecule has 7 nitrogen and oxygen atoms in total. The highest BCUT2D eigenvalue weighted by Crippen LogP contribution is 2.29. The number of amides is 1. The standard InChI is InChI=1S/C17H13NO6/c19-15-12-4-2-1-3-11(12)9-24-14-7-10(5-6-13(14)15)8-18(23)16(20)17(21)22/h1-7,23H,8-9H2,(H,21,22). The quantitative estimate of drug-likeness (QED) is 0.493. The zero-order chi connectivity index (χ0) is 17.3. The van der Waals surface area contributed by atoms with Gasteiger partial charge < -0.3 is 9.84 Å². The van der Waals surface area contributed by atoms with Crippen LogP contribution in [0, 0.1) is 0 Å². The zero-order valence-electron chi connectivity index (χ0n) is 12.4. The summed E-state index contributed by atoms with van der Waals surface area (Å²) in [5, 5.41) is 18.2. The molecule has 3 rings (SSSR count). The maximum atomic E-state index is 12.6. The number of carbonyl (C=O) groups is 3. The van der Waals surface area contributed by atoms with Crippen LogP contribution in [0.4, 0.5) is 0 Å². The SMILES string of the molecule is O=C(O)C(=O)N(O)Cc1ccc2c(c1)OCc1ccccc1C2=O. The monoisotopic (exact) mass is 327 g/mol. The van der Waals surface area contributed by atoms with Crippen LogP contribution in [0.5, 0.6) is 5.75 Å². The third-order valence-corrected chi connectivity index (χ3v) is 3.69. The Kier molecular flexibility index (Phi) is 4.01. The van der Waals surface area contributed by atoms with E-state index in [0.717, 1.165) is 5.56 Å². The number of nitrogens with zero attached hydrogens (tertiary/aromatic N) is 1. The van der Waals surface area contributed by atoms with Gasteiger partial charge in [-0.2, -0.15) is 0 Å². The molecule has 0 unspecified atom stereocenters. The van der Waals surface area contributed by atoms with Gasteiger partial charge in [0.25, 0.3) is 0 Å². The average Bonchev–Trinajstić information content (AvgIpc) is 2.71. The summed E-state index contributed by atoms with van der Waals surface area (Å²) in [4.78, 5) is 34.3. The van der Waals surface area contributed by atoms with Gasteiger partial charge in [0.1, 0.15) is 12.4 Å². The largest absolute Gasteiger partial charge is 0.488 e. The van der Waals surface area contributed by atoms with Crippen molar-refractivity contribution in [2.24, 2.45) is 0 Å². The summed E-state index contributed by atoms with van der Waals surface area (Å²) in [6, 6.07) is 11.7. The van der Waals surface area contributed by atoms with Crippen LogP contribution in [0.1, 0.15) is 27.0 Å². The maximum absolute atomic E-state index is 12.6. The number of carbonyl (C=O) groups excluding carboxylic acids is 2. The predicted molar refractivity (Wildman–Crippen MR) is 80.6 cm³/mol. The molecule has 2 aromatic carbocycles. The topological polar surface area (TPSA) is 104 Å². The molecule has 0 saturated carbocycles. The maximum Gasteiger partial charge on any atom is 0.396 e. The molecule has 0 atom stereocenters. The number of ketones is 1. The zero-order valence-corrected chi connectivity index (χ0v) is 12.4. The van der Waals surface area contributed by atoms with E-state index in [1.807, 2.05) is 6.07 Å². The van der Waals surface area contributed by atoms with E-state index >= 15 is 0 Å². The summed E-state index contributed by atoms with van der Waals surface area (Å²) in [6.45, 7) is -0.113. The number of hydrogen-bond acceptors (Lipinski definition) is 5. The Balaban J connectivity index is 1.89. The summed E-state index contributed by atoms with van der Waals surface area (Å²) in [6.07, 6.45) is 0. The van der Waals surface area contributed by atoms with Crippen molar-refractivity contribution < 1.29 is 29.4 Å². The molecule has 1 aliphatic heterocycles. The fraction of sp³-hybridized carbons (Fsp3) is 0.118. The number of ether oxygens (including phenoxy) is 1. The lowest BCUT2D eigenvalue weighted by Gasteiger charge is -2.14. The first kappa shape index (κ1) is 15.7. The van der Waals surface area contributed by atoms with E-state index in [4.69, 9.17) is 9.84 Å². The normalized spacial score (nSPS) is 12.5. The number of benzene rings is 2. The summed E-state index contributed by atoms with van der Waals surface area (Å²) < 4.78 is 5.65. The molecule has 122 valence electrons. The van der Waals surface area contributed by atoms with E-state index in [1.54, 1.807) is 18.2 Å². The highest BCUT2D eigenvalue weighted by atomic mass is 16.5. The molecule has 0 aromatic heterocycles. The van der Waals surface area contributed by atoms with Gasteiger partial charge >= 0.3 is 11.9 Å². The van der Waals surface area contributed by atoms with Crippen LogP contribution in [-0.2, 0) is 22.7 Å². The summed E-state index contributed by atoms with van der Waals surface area (Å²) >= 11 is 0. The van der Waals surface area contributed by atoms with E-state index in [1.165, 1.54) is 18.2 Å². The van der Waals surface area contributed by atoms with Gasteiger partial charge in [-0.25, -0.2) is 9.86 Å². The molecule has 7 heteroatoms. The van der Waals surface area contributed by atoms with Gasteiger partial charge in [0.15, 0.2) is 5.78 Å². The first-order valence-electron chi connectivity index (χ1n) is 7.09. The predicted octanol–water partition coefficient (Wildman–Crippen LogP) is 1.61. The van der Waals surface area contributed by atoms with Crippen LogP contribution >= 0.6 is 0 Å². The Morgan fingerprint density at radius 3 is 2.62 bits per heavy atom. The minimum atomic E-state index is -1.76. The fourth-order valence-electron chi connectivity index (χ4n) is 2.50. The van der Waals surface area contributed by atoms with Crippen molar-refractivity contribution in [2.75, 3.05) is 0 Å². The number of fused-ring (bicyclic) bond motifs is 2. The van der Waals surface area contributed by atoms with Crippen molar-refractivity contribution >= 4 is 17.7 Å². The fourth-order valence-corrected chi connectivity index (χ4v) is 2.50. The van der Waals surface area contributed by atoms with Gasteiger partial charge in [0.05, 0.1) is 12.1 Å². The van der Waals surface area contributed by atoms with E-state index in [9.17, 15) is 19.6 Å². The molecule has 1 aliphatic rings. The number of rotatable bonds is 2. The van der Waals surface area contributed by atoms with Gasteiger partial charge in [-0.1, -0.05) is 30.3 Å². The Labute approximate surface area is 136 Å². The number of aliphatic carboxylic acids is 1. The molecule has 0 radical (unpaired) electrons. The number of carboxylic acids is 1. The van der Waals surface area contributed by atoms with Gasteiger partial charge in [0, 0.05) is 11.1 Å². The first-order chi connectivity index (χ1) is 11.5. The molecular weight excluding hydrogens is 314 g/mol. The van der Waals surface area contributed by atoms with Crippen LogP contribution in [0.3, 0.4) is 0 Å². The van der Waals surface area contributed by atoms with Crippen molar-refractivity contribution in [3.05, 3.63) is 64.7 Å². The molecule has 0 saturated heterocycles. The second-order valence-electron chi connectivity index (χ2n) is 5.27. The third kappa shape index (κ3) is 2.84. The first-order valence-corrected chi connectivity index (χ1v) is 7.09. The highest BCUT2D eigenvalue weighted by molar-refractivity contribution is 6.31. The molecule has 0 aliphatic carbocycles. The van der Waals surface area contributed by atoms with Crippen molar-refractivity contribution in [2.45, 2.75) is 13.2 Å². The minimum Gasteiger partial charge on any atom is -0.488 e. The Morgan fingerprint density at radius 1 is 1.12 bits per heavy atom. The molecule has 24 heavy (non-hydrogen) atoms. The second kappa shape index (κ2) is 6.13. The lowest BCUT2D eigenvalue weighted by molar-refractivity contribution is -0.179.